The van der Waals surface area contributed by atoms with Crippen molar-refractivity contribution in [2.45, 2.75) is 70.9 Å². The van der Waals surface area contributed by atoms with Gasteiger partial charge in [0.2, 0.25) is 5.91 Å². The highest BCUT2D eigenvalue weighted by Crippen LogP contribution is 2.35. The van der Waals surface area contributed by atoms with Crippen LogP contribution in [0.15, 0.2) is 42.6 Å². The number of hydrogen-bond donors (Lipinski definition) is 1. The van der Waals surface area contributed by atoms with Crippen LogP contribution in [0.2, 0.25) is 0 Å². The summed E-state index contributed by atoms with van der Waals surface area (Å²) in [6, 6.07) is 7.04. The molecule has 9 nitrogen and oxygen atoms in total. The average Bonchev–Trinajstić information content (AvgIpc) is 3.48. The first-order valence-corrected chi connectivity index (χ1v) is 14.9. The Morgan fingerprint density at radius 1 is 0.886 bits per heavy atom. The monoisotopic (exact) mass is 611 g/mol. The highest BCUT2D eigenvalue weighted by atomic mass is 19.1. The van der Waals surface area contributed by atoms with Gasteiger partial charge >= 0.3 is 6.09 Å². The van der Waals surface area contributed by atoms with Crippen molar-refractivity contribution < 1.29 is 32.3 Å². The normalized spacial score (nSPS) is 19.5. The number of piperidine rings is 1. The second-order valence-electron chi connectivity index (χ2n) is 12.5. The zero-order valence-corrected chi connectivity index (χ0v) is 25.0. The molecule has 12 heteroatoms. The quantitative estimate of drug-likeness (QED) is 0.317. The van der Waals surface area contributed by atoms with Gasteiger partial charge in [0.15, 0.2) is 5.78 Å². The molecule has 2 fully saturated rings. The van der Waals surface area contributed by atoms with Crippen LogP contribution in [-0.2, 0) is 9.53 Å². The van der Waals surface area contributed by atoms with Crippen molar-refractivity contribution in [1.82, 2.24) is 19.9 Å². The highest BCUT2D eigenvalue weighted by molar-refractivity contribution is 5.98. The van der Waals surface area contributed by atoms with Crippen molar-refractivity contribution in [3.8, 4) is 11.3 Å². The summed E-state index contributed by atoms with van der Waals surface area (Å²) < 4.78 is 49.3. The molecule has 1 saturated heterocycles. The topological polar surface area (TPSA) is 106 Å². The number of hydrogen-bond acceptors (Lipinski definition) is 6. The molecule has 1 aliphatic heterocycles. The third-order valence-corrected chi connectivity index (χ3v) is 8.19. The number of aromatic nitrogens is 3. The van der Waals surface area contributed by atoms with Crippen LogP contribution in [0.5, 0.6) is 0 Å². The maximum atomic E-state index is 14.7. The summed E-state index contributed by atoms with van der Waals surface area (Å²) in [5, 5.41) is 11.0. The number of halogens is 3. The number of ether oxygens (including phenoxy) is 1. The minimum atomic E-state index is -0.736. The summed E-state index contributed by atoms with van der Waals surface area (Å²) >= 11 is 0. The number of amides is 2. The maximum Gasteiger partial charge on any atom is 0.412 e. The Kier molecular flexibility index (Phi) is 9.07. The Balaban J connectivity index is 1.14. The first-order valence-electron chi connectivity index (χ1n) is 14.9. The molecule has 0 unspecified atom stereocenters. The number of carbonyl (C=O) groups excluding carboxylic acids is 3. The number of nitrogens with zero attached hydrogens (tertiary/aromatic N) is 4. The summed E-state index contributed by atoms with van der Waals surface area (Å²) in [5.41, 5.74) is -0.0419. The van der Waals surface area contributed by atoms with Gasteiger partial charge in [-0.3, -0.25) is 14.9 Å². The third kappa shape index (κ3) is 7.28. The van der Waals surface area contributed by atoms with Gasteiger partial charge in [-0.1, -0.05) is 5.21 Å². The van der Waals surface area contributed by atoms with E-state index in [0.717, 1.165) is 18.2 Å². The number of likely N-dealkylation sites (tertiary alicyclic amines) is 1. The number of ketones is 1. The molecule has 1 N–H and O–H groups in total. The molecular formula is C32H36F3N5O4. The largest absolute Gasteiger partial charge is 0.444 e. The summed E-state index contributed by atoms with van der Waals surface area (Å²) in [5.74, 6) is -2.89. The number of nitrogens with one attached hydrogen (secondary N) is 1. The first-order chi connectivity index (χ1) is 20.9. The summed E-state index contributed by atoms with van der Waals surface area (Å²) in [7, 11) is 0. The van der Waals surface area contributed by atoms with Crippen LogP contribution < -0.4 is 5.32 Å². The molecule has 1 aliphatic carbocycles. The molecule has 44 heavy (non-hydrogen) atoms. The van der Waals surface area contributed by atoms with E-state index in [1.165, 1.54) is 18.2 Å². The van der Waals surface area contributed by atoms with E-state index in [1.807, 2.05) is 0 Å². The Labute approximate surface area is 253 Å². The average molecular weight is 612 g/mol. The van der Waals surface area contributed by atoms with Crippen LogP contribution in [-0.4, -0.2) is 56.4 Å². The van der Waals surface area contributed by atoms with Crippen LogP contribution >= 0.6 is 0 Å². The molecular weight excluding hydrogens is 575 g/mol. The van der Waals surface area contributed by atoms with Crippen molar-refractivity contribution in [3.63, 3.8) is 0 Å². The lowest BCUT2D eigenvalue weighted by molar-refractivity contribution is -0.138. The molecule has 2 amide bonds. The molecule has 1 saturated carbocycles. The van der Waals surface area contributed by atoms with E-state index in [2.05, 4.69) is 15.6 Å². The Morgan fingerprint density at radius 2 is 1.57 bits per heavy atom. The number of carbonyl (C=O) groups is 3. The molecule has 3 aromatic rings. The fraction of sp³-hybridized carbons (Fsp3) is 0.469. The fourth-order valence-electron chi connectivity index (χ4n) is 5.91. The van der Waals surface area contributed by atoms with Gasteiger partial charge < -0.3 is 9.64 Å². The molecule has 2 aliphatic rings. The van der Waals surface area contributed by atoms with E-state index in [0.29, 0.717) is 63.0 Å². The van der Waals surface area contributed by atoms with Crippen LogP contribution in [0.25, 0.3) is 11.3 Å². The van der Waals surface area contributed by atoms with Gasteiger partial charge in [0.25, 0.3) is 0 Å². The van der Waals surface area contributed by atoms with Gasteiger partial charge in [-0.2, -0.15) is 0 Å². The molecule has 0 bridgehead atoms. The highest BCUT2D eigenvalue weighted by Gasteiger charge is 2.34. The second-order valence-corrected chi connectivity index (χ2v) is 12.5. The molecule has 0 spiro atoms. The lowest BCUT2D eigenvalue weighted by atomic mass is 9.83. The molecule has 0 atom stereocenters. The Morgan fingerprint density at radius 3 is 2.25 bits per heavy atom. The van der Waals surface area contributed by atoms with Crippen molar-refractivity contribution in [2.24, 2.45) is 11.8 Å². The fourth-order valence-corrected chi connectivity index (χ4v) is 5.91. The van der Waals surface area contributed by atoms with Crippen molar-refractivity contribution in [2.75, 3.05) is 18.4 Å². The Bertz CT molecular complexity index is 1540. The smallest absolute Gasteiger partial charge is 0.412 e. The van der Waals surface area contributed by atoms with Gasteiger partial charge in [-0.15, -0.1) is 5.10 Å². The first kappa shape index (κ1) is 31.2. The van der Waals surface area contributed by atoms with Crippen LogP contribution in [0.1, 0.15) is 75.7 Å². The molecule has 234 valence electrons. The predicted molar refractivity (Wildman–Crippen MR) is 156 cm³/mol. The van der Waals surface area contributed by atoms with E-state index in [9.17, 15) is 27.6 Å². The molecule has 2 heterocycles. The van der Waals surface area contributed by atoms with E-state index in [4.69, 9.17) is 4.74 Å². The number of rotatable bonds is 6. The van der Waals surface area contributed by atoms with Crippen LogP contribution in [0.3, 0.4) is 0 Å². The van der Waals surface area contributed by atoms with E-state index < -0.39 is 40.8 Å². The SMILES string of the molecule is CC(C)(C)OC(=O)Nc1ccc(F)c(-c2cn(C3CCC(C(=O)N4CCC(C(=O)c5cc(F)ccc5F)CC4)CC3)nn2)c1. The Hall–Kier alpha value is -4.22. The van der Waals surface area contributed by atoms with Crippen LogP contribution in [0, 0.1) is 29.3 Å². The van der Waals surface area contributed by atoms with Crippen LogP contribution in [0.4, 0.5) is 23.7 Å². The summed E-state index contributed by atoms with van der Waals surface area (Å²) in [6.45, 7) is 6.04. The number of Topliss-reactive ketones (excluding diaryl/α,β-unsaturated/α-hetero) is 1. The second kappa shape index (κ2) is 12.8. The minimum absolute atomic E-state index is 0.00375. The van der Waals surface area contributed by atoms with Crippen molar-refractivity contribution in [3.05, 3.63) is 65.6 Å². The number of benzene rings is 2. The van der Waals surface area contributed by atoms with E-state index >= 15 is 0 Å². The zero-order chi connectivity index (χ0) is 31.6. The molecule has 1 aromatic heterocycles. The van der Waals surface area contributed by atoms with E-state index in [-0.39, 0.29) is 29.0 Å². The standard InChI is InChI=1S/C32H36F3N5O4/c1-32(2,3)44-31(43)36-22-7-11-26(34)24(17-22)28-18-40(38-37-28)23-8-4-20(5-9-23)30(42)39-14-12-19(13-15-39)29(41)25-16-21(33)6-10-27(25)35/h6-7,10-11,16-20,23H,4-5,8-9,12-15H2,1-3H3,(H,36,43). The minimum Gasteiger partial charge on any atom is -0.444 e. The third-order valence-electron chi connectivity index (χ3n) is 8.19. The molecule has 0 radical (unpaired) electrons. The number of anilines is 1. The summed E-state index contributed by atoms with van der Waals surface area (Å²) in [4.78, 5) is 39.9. The van der Waals surface area contributed by atoms with Gasteiger partial charge in [-0.25, -0.2) is 22.6 Å². The lowest BCUT2D eigenvalue weighted by Gasteiger charge is -2.36. The summed E-state index contributed by atoms with van der Waals surface area (Å²) in [6.07, 6.45) is 4.51. The van der Waals surface area contributed by atoms with Gasteiger partial charge in [0, 0.05) is 36.2 Å². The predicted octanol–water partition coefficient (Wildman–Crippen LogP) is 6.56. The zero-order valence-electron chi connectivity index (χ0n) is 25.0. The maximum absolute atomic E-state index is 14.7. The lowest BCUT2D eigenvalue weighted by Crippen LogP contribution is -2.44. The van der Waals surface area contributed by atoms with Crippen molar-refractivity contribution >= 4 is 23.5 Å². The molecule has 5 rings (SSSR count). The molecule has 2 aromatic carbocycles. The van der Waals surface area contributed by atoms with Gasteiger partial charge in [0.1, 0.15) is 28.7 Å². The van der Waals surface area contributed by atoms with E-state index in [1.54, 1.807) is 36.5 Å². The van der Waals surface area contributed by atoms with Crippen molar-refractivity contribution in [1.29, 1.82) is 0 Å². The van der Waals surface area contributed by atoms with Gasteiger partial charge in [0.05, 0.1) is 17.8 Å². The van der Waals surface area contributed by atoms with Gasteiger partial charge in [-0.05, 0) is 95.7 Å².